The van der Waals surface area contributed by atoms with Gasteiger partial charge >= 0.3 is 0 Å². The molecule has 1 amide bonds. The Labute approximate surface area is 181 Å². The van der Waals surface area contributed by atoms with Crippen LogP contribution in [0.15, 0.2) is 54.9 Å². The van der Waals surface area contributed by atoms with E-state index in [0.29, 0.717) is 23.8 Å². The molecule has 0 saturated carbocycles. The number of hydrogen-bond acceptors (Lipinski definition) is 7. The maximum Gasteiger partial charge on any atom is 0.271 e. The van der Waals surface area contributed by atoms with E-state index in [2.05, 4.69) is 15.3 Å². The molecule has 2 aromatic carbocycles. The molecule has 0 saturated heterocycles. The van der Waals surface area contributed by atoms with Gasteiger partial charge in [-0.2, -0.15) is 0 Å². The third-order valence-corrected chi connectivity index (χ3v) is 4.61. The molecule has 0 aliphatic rings. The van der Waals surface area contributed by atoms with Crippen molar-refractivity contribution in [2.75, 3.05) is 27.4 Å². The second kappa shape index (κ2) is 10.4. The zero-order valence-electron chi connectivity index (χ0n) is 17.8. The normalized spacial score (nSPS) is 11.5. The molecule has 0 aliphatic heterocycles. The number of benzene rings is 2. The van der Waals surface area contributed by atoms with Crippen molar-refractivity contribution >= 4 is 5.91 Å². The Bertz CT molecular complexity index is 1000. The first-order valence-corrected chi connectivity index (χ1v) is 9.86. The van der Waals surface area contributed by atoms with Crippen LogP contribution in [-0.2, 0) is 0 Å². The van der Waals surface area contributed by atoms with E-state index in [1.807, 2.05) is 43.3 Å². The van der Waals surface area contributed by atoms with E-state index in [1.54, 1.807) is 26.5 Å². The fourth-order valence-corrected chi connectivity index (χ4v) is 2.96. The molecule has 0 fully saturated rings. The van der Waals surface area contributed by atoms with Gasteiger partial charge in [-0.25, -0.2) is 4.98 Å². The number of nitrogens with two attached hydrogens (primary N) is 1. The van der Waals surface area contributed by atoms with E-state index in [9.17, 15) is 4.79 Å². The first-order chi connectivity index (χ1) is 15.0. The van der Waals surface area contributed by atoms with Gasteiger partial charge in [-0.3, -0.25) is 9.78 Å². The van der Waals surface area contributed by atoms with E-state index in [0.717, 1.165) is 16.9 Å². The number of carbonyl (C=O) groups excluding carboxylic acids is 1. The lowest BCUT2D eigenvalue weighted by atomic mass is 10.1. The Hall–Kier alpha value is -3.65. The van der Waals surface area contributed by atoms with Crippen LogP contribution in [0.3, 0.4) is 0 Å². The molecule has 0 radical (unpaired) electrons. The zero-order valence-corrected chi connectivity index (χ0v) is 17.8. The summed E-state index contributed by atoms with van der Waals surface area (Å²) in [6.07, 6.45) is 3.04. The summed E-state index contributed by atoms with van der Waals surface area (Å²) in [6, 6.07) is 12.4. The average Bonchev–Trinajstić information content (AvgIpc) is 2.82. The van der Waals surface area contributed by atoms with Gasteiger partial charge in [0, 0.05) is 24.2 Å². The molecule has 1 heterocycles. The van der Waals surface area contributed by atoms with Crippen LogP contribution in [0.2, 0.25) is 0 Å². The van der Waals surface area contributed by atoms with E-state index < -0.39 is 6.04 Å². The summed E-state index contributed by atoms with van der Waals surface area (Å²) in [6.45, 7) is 2.74. The summed E-state index contributed by atoms with van der Waals surface area (Å²) in [7, 11) is 3.14. The summed E-state index contributed by atoms with van der Waals surface area (Å²) >= 11 is 0. The number of nitrogens with one attached hydrogen (secondary N) is 1. The molecular formula is C23H26N4O4. The molecule has 0 unspecified atom stereocenters. The fraction of sp³-hybridized carbons (Fsp3) is 0.261. The van der Waals surface area contributed by atoms with Crippen molar-refractivity contribution in [3.63, 3.8) is 0 Å². The lowest BCUT2D eigenvalue weighted by Crippen LogP contribution is -2.32. The van der Waals surface area contributed by atoms with Gasteiger partial charge < -0.3 is 25.3 Å². The summed E-state index contributed by atoms with van der Waals surface area (Å²) in [5.41, 5.74) is 8.68. The quantitative estimate of drug-likeness (QED) is 0.546. The molecule has 8 nitrogen and oxygen atoms in total. The largest absolute Gasteiger partial charge is 0.497 e. The van der Waals surface area contributed by atoms with Gasteiger partial charge in [-0.15, -0.1) is 0 Å². The third-order valence-electron chi connectivity index (χ3n) is 4.61. The standard InChI is InChI=1S/C23H26N4O4/c1-4-31-17-7-5-15(6-8-17)21-13-25-14-22(27-21)23(28)26-12-20(24)16-9-18(29-2)11-19(10-16)30-3/h5-11,13-14,20H,4,12,24H2,1-3H3,(H,26,28)/t20-/m1/s1. The Morgan fingerprint density at radius 1 is 1.03 bits per heavy atom. The predicted molar refractivity (Wildman–Crippen MR) is 117 cm³/mol. The van der Waals surface area contributed by atoms with Gasteiger partial charge in [-0.05, 0) is 48.9 Å². The highest BCUT2D eigenvalue weighted by Gasteiger charge is 2.14. The number of methoxy groups -OCH3 is 2. The molecular weight excluding hydrogens is 396 g/mol. The Kier molecular flexibility index (Phi) is 7.40. The van der Waals surface area contributed by atoms with Crippen LogP contribution < -0.4 is 25.3 Å². The smallest absolute Gasteiger partial charge is 0.271 e. The number of rotatable bonds is 9. The van der Waals surface area contributed by atoms with Gasteiger partial charge in [0.25, 0.3) is 5.91 Å². The van der Waals surface area contributed by atoms with Gasteiger partial charge in [0.05, 0.1) is 38.9 Å². The molecule has 162 valence electrons. The van der Waals surface area contributed by atoms with Crippen LogP contribution in [0, 0.1) is 0 Å². The van der Waals surface area contributed by atoms with Crippen LogP contribution >= 0.6 is 0 Å². The topological polar surface area (TPSA) is 109 Å². The predicted octanol–water partition coefficient (Wildman–Crippen LogP) is 2.99. The summed E-state index contributed by atoms with van der Waals surface area (Å²) in [5.74, 6) is 1.68. The van der Waals surface area contributed by atoms with E-state index in [4.69, 9.17) is 19.9 Å². The number of hydrogen-bond donors (Lipinski definition) is 2. The van der Waals surface area contributed by atoms with Crippen molar-refractivity contribution in [2.45, 2.75) is 13.0 Å². The van der Waals surface area contributed by atoms with Gasteiger partial charge in [0.1, 0.15) is 22.9 Å². The third kappa shape index (κ3) is 5.70. The summed E-state index contributed by atoms with van der Waals surface area (Å²) in [4.78, 5) is 21.2. The molecule has 0 aliphatic carbocycles. The number of aromatic nitrogens is 2. The second-order valence-electron chi connectivity index (χ2n) is 6.71. The monoisotopic (exact) mass is 422 g/mol. The first-order valence-electron chi connectivity index (χ1n) is 9.86. The summed E-state index contributed by atoms with van der Waals surface area (Å²) in [5, 5.41) is 2.81. The average molecular weight is 422 g/mol. The van der Waals surface area contributed by atoms with Crippen molar-refractivity contribution in [3.05, 3.63) is 66.1 Å². The molecule has 3 rings (SSSR count). The Morgan fingerprint density at radius 3 is 2.32 bits per heavy atom. The van der Waals surface area contributed by atoms with Gasteiger partial charge in [0.15, 0.2) is 0 Å². The van der Waals surface area contributed by atoms with E-state index in [1.165, 1.54) is 6.20 Å². The molecule has 8 heteroatoms. The van der Waals surface area contributed by atoms with Crippen molar-refractivity contribution in [2.24, 2.45) is 5.73 Å². The molecule has 3 N–H and O–H groups in total. The Balaban J connectivity index is 1.68. The van der Waals surface area contributed by atoms with Crippen molar-refractivity contribution in [1.82, 2.24) is 15.3 Å². The zero-order chi connectivity index (χ0) is 22.2. The van der Waals surface area contributed by atoms with Crippen molar-refractivity contribution in [1.29, 1.82) is 0 Å². The minimum Gasteiger partial charge on any atom is -0.497 e. The van der Waals surface area contributed by atoms with Crippen LogP contribution in [0.1, 0.15) is 29.0 Å². The second-order valence-corrected chi connectivity index (χ2v) is 6.71. The number of carbonyl (C=O) groups is 1. The van der Waals surface area contributed by atoms with Crippen molar-refractivity contribution in [3.8, 4) is 28.5 Å². The maximum absolute atomic E-state index is 12.6. The fourth-order valence-electron chi connectivity index (χ4n) is 2.96. The van der Waals surface area contributed by atoms with Crippen LogP contribution in [-0.4, -0.2) is 43.2 Å². The molecule has 31 heavy (non-hydrogen) atoms. The van der Waals surface area contributed by atoms with Gasteiger partial charge in [0.2, 0.25) is 0 Å². The number of ether oxygens (including phenoxy) is 3. The van der Waals surface area contributed by atoms with Gasteiger partial charge in [-0.1, -0.05) is 0 Å². The van der Waals surface area contributed by atoms with E-state index >= 15 is 0 Å². The molecule has 1 aromatic heterocycles. The molecule has 3 aromatic rings. The molecule has 1 atom stereocenters. The van der Waals surface area contributed by atoms with Crippen LogP contribution in [0.25, 0.3) is 11.3 Å². The maximum atomic E-state index is 12.6. The first kappa shape index (κ1) is 22.0. The SMILES string of the molecule is CCOc1ccc(-c2cncc(C(=O)NC[C@@H](N)c3cc(OC)cc(OC)c3)n2)cc1. The van der Waals surface area contributed by atoms with Crippen LogP contribution in [0.4, 0.5) is 0 Å². The highest BCUT2D eigenvalue weighted by molar-refractivity contribution is 5.92. The lowest BCUT2D eigenvalue weighted by Gasteiger charge is -2.15. The molecule has 0 spiro atoms. The highest BCUT2D eigenvalue weighted by Crippen LogP contribution is 2.25. The highest BCUT2D eigenvalue weighted by atomic mass is 16.5. The minimum atomic E-state index is -0.449. The minimum absolute atomic E-state index is 0.210. The number of nitrogens with zero attached hydrogens (tertiary/aromatic N) is 2. The number of amides is 1. The van der Waals surface area contributed by atoms with E-state index in [-0.39, 0.29) is 18.1 Å². The van der Waals surface area contributed by atoms with Crippen LogP contribution in [0.5, 0.6) is 17.2 Å². The Morgan fingerprint density at radius 2 is 1.71 bits per heavy atom. The summed E-state index contributed by atoms with van der Waals surface area (Å²) < 4.78 is 16.0. The lowest BCUT2D eigenvalue weighted by molar-refractivity contribution is 0.0946. The van der Waals surface area contributed by atoms with Crippen molar-refractivity contribution < 1.29 is 19.0 Å². The molecule has 0 bridgehead atoms.